The van der Waals surface area contributed by atoms with E-state index in [4.69, 9.17) is 5.73 Å². The summed E-state index contributed by atoms with van der Waals surface area (Å²) >= 11 is 0. The molecule has 0 saturated carbocycles. The second-order valence-electron chi connectivity index (χ2n) is 5.20. The number of rotatable bonds is 4. The van der Waals surface area contributed by atoms with Crippen LogP contribution in [-0.2, 0) is 0 Å². The van der Waals surface area contributed by atoms with Gasteiger partial charge in [0.15, 0.2) is 0 Å². The third kappa shape index (κ3) is 2.41. The van der Waals surface area contributed by atoms with E-state index in [0.29, 0.717) is 0 Å². The standard InChI is InChI=1S/C17H23N/c1-4-5-10-16(18)17-13(3)12(2)11-14-8-6-7-9-15(14)17/h6-9,11,16H,4-5,10,18H2,1-3H3. The van der Waals surface area contributed by atoms with E-state index in [1.165, 1.54) is 40.3 Å². The summed E-state index contributed by atoms with van der Waals surface area (Å²) in [6.07, 6.45) is 3.48. The van der Waals surface area contributed by atoms with Crippen LogP contribution in [0.2, 0.25) is 0 Å². The molecule has 1 heteroatoms. The SMILES string of the molecule is CCCCC(N)c1c(C)c(C)cc2ccccc12. The van der Waals surface area contributed by atoms with Crippen LogP contribution >= 0.6 is 0 Å². The van der Waals surface area contributed by atoms with E-state index in [1.807, 2.05) is 0 Å². The highest BCUT2D eigenvalue weighted by atomic mass is 14.6. The first-order chi connectivity index (χ1) is 8.65. The Bertz CT molecular complexity index is 543. The highest BCUT2D eigenvalue weighted by Crippen LogP contribution is 2.31. The lowest BCUT2D eigenvalue weighted by atomic mass is 9.89. The van der Waals surface area contributed by atoms with Crippen molar-refractivity contribution in [3.8, 4) is 0 Å². The maximum Gasteiger partial charge on any atom is 0.0303 e. The maximum absolute atomic E-state index is 6.42. The Balaban J connectivity index is 2.56. The Hall–Kier alpha value is -1.34. The average molecular weight is 241 g/mol. The molecule has 0 aromatic heterocycles. The van der Waals surface area contributed by atoms with Crippen LogP contribution < -0.4 is 5.73 Å². The average Bonchev–Trinajstić information content (AvgIpc) is 2.37. The third-order valence-electron chi connectivity index (χ3n) is 3.86. The number of nitrogens with two attached hydrogens (primary N) is 1. The summed E-state index contributed by atoms with van der Waals surface area (Å²) in [5, 5.41) is 2.63. The summed E-state index contributed by atoms with van der Waals surface area (Å²) < 4.78 is 0. The third-order valence-corrected chi connectivity index (χ3v) is 3.86. The number of benzene rings is 2. The van der Waals surface area contributed by atoms with Crippen LogP contribution in [0.4, 0.5) is 0 Å². The number of hydrogen-bond acceptors (Lipinski definition) is 1. The van der Waals surface area contributed by atoms with E-state index in [-0.39, 0.29) is 6.04 Å². The van der Waals surface area contributed by atoms with Gasteiger partial charge in [-0.3, -0.25) is 0 Å². The summed E-state index contributed by atoms with van der Waals surface area (Å²) in [5.41, 5.74) is 10.5. The van der Waals surface area contributed by atoms with Crippen LogP contribution in [0.5, 0.6) is 0 Å². The summed E-state index contributed by atoms with van der Waals surface area (Å²) in [5.74, 6) is 0. The molecule has 96 valence electrons. The van der Waals surface area contributed by atoms with Gasteiger partial charge < -0.3 is 5.73 Å². The van der Waals surface area contributed by atoms with E-state index >= 15 is 0 Å². The fourth-order valence-electron chi connectivity index (χ4n) is 2.67. The smallest absolute Gasteiger partial charge is 0.0303 e. The van der Waals surface area contributed by atoms with Crippen LogP contribution in [-0.4, -0.2) is 0 Å². The molecule has 2 aromatic rings. The van der Waals surface area contributed by atoms with E-state index < -0.39 is 0 Å². The number of aryl methyl sites for hydroxylation is 1. The molecule has 1 nitrogen and oxygen atoms in total. The Labute approximate surface area is 110 Å². The van der Waals surface area contributed by atoms with Gasteiger partial charge >= 0.3 is 0 Å². The molecule has 0 spiro atoms. The van der Waals surface area contributed by atoms with E-state index in [2.05, 4.69) is 51.1 Å². The normalized spacial score (nSPS) is 12.9. The Morgan fingerprint density at radius 3 is 2.61 bits per heavy atom. The molecule has 2 aromatic carbocycles. The van der Waals surface area contributed by atoms with Crippen LogP contribution in [0.3, 0.4) is 0 Å². The highest BCUT2D eigenvalue weighted by Gasteiger charge is 2.14. The molecule has 0 amide bonds. The molecule has 0 bridgehead atoms. The molecule has 0 fully saturated rings. The van der Waals surface area contributed by atoms with Gasteiger partial charge in [0.05, 0.1) is 0 Å². The fraction of sp³-hybridized carbons (Fsp3) is 0.412. The molecule has 1 unspecified atom stereocenters. The van der Waals surface area contributed by atoms with Gasteiger partial charge in [-0.1, -0.05) is 50.1 Å². The molecule has 0 aliphatic carbocycles. The van der Waals surface area contributed by atoms with Gasteiger partial charge in [0.2, 0.25) is 0 Å². The largest absolute Gasteiger partial charge is 0.324 e. The van der Waals surface area contributed by atoms with Crippen molar-refractivity contribution in [1.82, 2.24) is 0 Å². The Kier molecular flexibility index (Phi) is 4.03. The zero-order valence-corrected chi connectivity index (χ0v) is 11.7. The molecular weight excluding hydrogens is 218 g/mol. The molecule has 0 radical (unpaired) electrons. The van der Waals surface area contributed by atoms with Gasteiger partial charge in [-0.05, 0) is 47.7 Å². The number of unbranched alkanes of at least 4 members (excludes halogenated alkanes) is 1. The molecule has 1 atom stereocenters. The van der Waals surface area contributed by atoms with Crippen molar-refractivity contribution in [3.05, 3.63) is 47.0 Å². The van der Waals surface area contributed by atoms with Crippen LogP contribution in [0.1, 0.15) is 48.9 Å². The Morgan fingerprint density at radius 2 is 1.89 bits per heavy atom. The molecule has 0 aliphatic heterocycles. The van der Waals surface area contributed by atoms with Gasteiger partial charge in [-0.15, -0.1) is 0 Å². The summed E-state index contributed by atoms with van der Waals surface area (Å²) in [7, 11) is 0. The molecule has 0 saturated heterocycles. The minimum absolute atomic E-state index is 0.162. The van der Waals surface area contributed by atoms with Crippen molar-refractivity contribution in [2.75, 3.05) is 0 Å². The molecule has 2 rings (SSSR count). The van der Waals surface area contributed by atoms with Gasteiger partial charge in [0.1, 0.15) is 0 Å². The number of hydrogen-bond donors (Lipinski definition) is 1. The lowest BCUT2D eigenvalue weighted by Gasteiger charge is -2.19. The first-order valence-corrected chi connectivity index (χ1v) is 6.89. The first-order valence-electron chi connectivity index (χ1n) is 6.89. The molecule has 18 heavy (non-hydrogen) atoms. The van der Waals surface area contributed by atoms with Crippen molar-refractivity contribution in [2.24, 2.45) is 5.73 Å². The van der Waals surface area contributed by atoms with E-state index in [1.54, 1.807) is 0 Å². The predicted molar refractivity (Wildman–Crippen MR) is 79.9 cm³/mol. The van der Waals surface area contributed by atoms with Gasteiger partial charge in [0.25, 0.3) is 0 Å². The van der Waals surface area contributed by atoms with Gasteiger partial charge in [0, 0.05) is 6.04 Å². The van der Waals surface area contributed by atoms with E-state index in [0.717, 1.165) is 6.42 Å². The lowest BCUT2D eigenvalue weighted by Crippen LogP contribution is -2.13. The lowest BCUT2D eigenvalue weighted by molar-refractivity contribution is 0.604. The second kappa shape index (κ2) is 5.53. The zero-order valence-electron chi connectivity index (χ0n) is 11.7. The molecular formula is C17H23N. The van der Waals surface area contributed by atoms with Crippen molar-refractivity contribution in [2.45, 2.75) is 46.1 Å². The van der Waals surface area contributed by atoms with Gasteiger partial charge in [-0.25, -0.2) is 0 Å². The quantitative estimate of drug-likeness (QED) is 0.828. The number of fused-ring (bicyclic) bond motifs is 1. The van der Waals surface area contributed by atoms with E-state index in [9.17, 15) is 0 Å². The maximum atomic E-state index is 6.42. The van der Waals surface area contributed by atoms with Gasteiger partial charge in [-0.2, -0.15) is 0 Å². The predicted octanol–water partition coefficient (Wildman–Crippen LogP) is 4.65. The van der Waals surface area contributed by atoms with Crippen molar-refractivity contribution in [3.63, 3.8) is 0 Å². The monoisotopic (exact) mass is 241 g/mol. The van der Waals surface area contributed by atoms with Crippen molar-refractivity contribution >= 4 is 10.8 Å². The van der Waals surface area contributed by atoms with Crippen LogP contribution in [0.25, 0.3) is 10.8 Å². The van der Waals surface area contributed by atoms with Crippen LogP contribution in [0, 0.1) is 13.8 Å². The summed E-state index contributed by atoms with van der Waals surface area (Å²) in [6.45, 7) is 6.59. The highest BCUT2D eigenvalue weighted by molar-refractivity contribution is 5.88. The summed E-state index contributed by atoms with van der Waals surface area (Å²) in [4.78, 5) is 0. The fourth-order valence-corrected chi connectivity index (χ4v) is 2.67. The molecule has 0 aliphatic rings. The second-order valence-corrected chi connectivity index (χ2v) is 5.20. The molecule has 0 heterocycles. The molecule has 2 N–H and O–H groups in total. The van der Waals surface area contributed by atoms with Crippen molar-refractivity contribution < 1.29 is 0 Å². The Morgan fingerprint density at radius 1 is 1.17 bits per heavy atom. The minimum atomic E-state index is 0.162. The minimum Gasteiger partial charge on any atom is -0.324 e. The topological polar surface area (TPSA) is 26.0 Å². The summed E-state index contributed by atoms with van der Waals surface area (Å²) in [6, 6.07) is 11.0. The van der Waals surface area contributed by atoms with Crippen molar-refractivity contribution in [1.29, 1.82) is 0 Å². The zero-order chi connectivity index (χ0) is 13.1. The van der Waals surface area contributed by atoms with Crippen LogP contribution in [0.15, 0.2) is 30.3 Å². The first kappa shape index (κ1) is 13.1.